The van der Waals surface area contributed by atoms with Crippen LogP contribution in [0.25, 0.3) is 0 Å². The molecule has 0 aliphatic rings. The summed E-state index contributed by atoms with van der Waals surface area (Å²) < 4.78 is 43.4. The number of carbonyl (C=O) groups excluding carboxylic acids is 1. The molecule has 2 rings (SSSR count). The first-order valence-corrected chi connectivity index (χ1v) is 6.48. The van der Waals surface area contributed by atoms with E-state index in [1.54, 1.807) is 0 Å². The highest BCUT2D eigenvalue weighted by atomic mass is 32.1. The lowest BCUT2D eigenvalue weighted by Crippen LogP contribution is -2.19. The number of ether oxygens (including phenoxy) is 1. The van der Waals surface area contributed by atoms with Crippen LogP contribution in [0.1, 0.15) is 11.4 Å². The lowest BCUT2D eigenvalue weighted by Gasteiger charge is -2.04. The summed E-state index contributed by atoms with van der Waals surface area (Å²) in [5.74, 6) is -1.48. The molecule has 3 N–H and O–H groups in total. The summed E-state index contributed by atoms with van der Waals surface area (Å²) in [5.41, 5.74) is 5.43. The molecule has 0 fully saturated rings. The summed E-state index contributed by atoms with van der Waals surface area (Å²) in [7, 11) is 0. The summed E-state index contributed by atoms with van der Waals surface area (Å²) >= 11 is 4.70. The molecule has 1 aromatic heterocycles. The van der Waals surface area contributed by atoms with Gasteiger partial charge in [-0.25, -0.2) is 5.10 Å². The Balaban J connectivity index is 2.17. The van der Waals surface area contributed by atoms with Gasteiger partial charge in [-0.3, -0.25) is 4.79 Å². The second kappa shape index (κ2) is 6.60. The first-order valence-electron chi connectivity index (χ1n) is 6.07. The fourth-order valence-electron chi connectivity index (χ4n) is 1.51. The van der Waals surface area contributed by atoms with Gasteiger partial charge >= 0.3 is 6.18 Å². The van der Waals surface area contributed by atoms with Crippen molar-refractivity contribution in [2.45, 2.75) is 6.18 Å². The topological polar surface area (TPSA) is 98.3 Å². The third-order valence-electron chi connectivity index (χ3n) is 2.49. The fourth-order valence-corrected chi connectivity index (χ4v) is 1.69. The number of hydrogen-bond donors (Lipinski definition) is 2. The van der Waals surface area contributed by atoms with Gasteiger partial charge < -0.3 is 10.5 Å². The average Bonchev–Trinajstić information content (AvgIpc) is 2.85. The summed E-state index contributed by atoms with van der Waals surface area (Å²) in [5, 5.41) is 8.80. The second-order valence-corrected chi connectivity index (χ2v) is 4.62. The van der Waals surface area contributed by atoms with Crippen LogP contribution in [-0.4, -0.2) is 33.6 Å². The minimum absolute atomic E-state index is 0.271. The molecule has 2 aromatic rings. The van der Waals surface area contributed by atoms with Crippen LogP contribution in [0, 0.1) is 4.77 Å². The van der Waals surface area contributed by atoms with E-state index in [0.29, 0.717) is 16.0 Å². The van der Waals surface area contributed by atoms with Gasteiger partial charge in [-0.15, -0.1) is 5.10 Å². The Morgan fingerprint density at radius 1 is 1.43 bits per heavy atom. The largest absolute Gasteiger partial charge is 0.484 e. The summed E-state index contributed by atoms with van der Waals surface area (Å²) in [6.07, 6.45) is -3.50. The number of H-pyrrole nitrogens is 1. The fraction of sp³-hybridized carbons (Fsp3) is 0.167. The molecule has 23 heavy (non-hydrogen) atoms. The van der Waals surface area contributed by atoms with E-state index in [0.717, 1.165) is 0 Å². The highest BCUT2D eigenvalue weighted by molar-refractivity contribution is 7.71. The lowest BCUT2D eigenvalue weighted by atomic mass is 10.2. The van der Waals surface area contributed by atoms with E-state index in [1.807, 2.05) is 5.10 Å². The molecule has 1 aromatic carbocycles. The van der Waals surface area contributed by atoms with Crippen molar-refractivity contribution in [1.29, 1.82) is 0 Å². The molecule has 0 saturated carbocycles. The Hall–Kier alpha value is -2.69. The smallest absolute Gasteiger partial charge is 0.453 e. The van der Waals surface area contributed by atoms with Crippen molar-refractivity contribution in [1.82, 2.24) is 14.9 Å². The van der Waals surface area contributed by atoms with Crippen molar-refractivity contribution in [2.75, 3.05) is 6.61 Å². The number of aromatic nitrogens is 3. The Kier molecular flexibility index (Phi) is 4.79. The number of aromatic amines is 1. The van der Waals surface area contributed by atoms with E-state index >= 15 is 0 Å². The van der Waals surface area contributed by atoms with E-state index in [-0.39, 0.29) is 11.4 Å². The van der Waals surface area contributed by atoms with Gasteiger partial charge in [0.05, 0.1) is 6.21 Å². The zero-order valence-electron chi connectivity index (χ0n) is 11.4. The van der Waals surface area contributed by atoms with Crippen LogP contribution in [0.5, 0.6) is 5.75 Å². The van der Waals surface area contributed by atoms with Gasteiger partial charge in [-0.1, -0.05) is 0 Å². The second-order valence-electron chi connectivity index (χ2n) is 4.23. The van der Waals surface area contributed by atoms with Crippen LogP contribution in [-0.2, 0) is 11.0 Å². The molecule has 0 saturated heterocycles. The number of benzene rings is 1. The SMILES string of the molecule is NC(=O)COc1ccc(/C=N\n2c(C(F)(F)F)n[nH]c2=S)cc1. The molecule has 0 spiro atoms. The summed E-state index contributed by atoms with van der Waals surface area (Å²) in [6, 6.07) is 6.11. The normalized spacial score (nSPS) is 11.8. The van der Waals surface area contributed by atoms with Gasteiger partial charge in [0.15, 0.2) is 6.61 Å². The van der Waals surface area contributed by atoms with Gasteiger partial charge in [0.1, 0.15) is 5.75 Å². The van der Waals surface area contributed by atoms with Crippen molar-refractivity contribution in [3.63, 3.8) is 0 Å². The number of nitrogens with one attached hydrogen (secondary N) is 1. The maximum atomic E-state index is 12.7. The number of hydrogen-bond acceptors (Lipinski definition) is 5. The van der Waals surface area contributed by atoms with Crippen LogP contribution >= 0.6 is 12.2 Å². The maximum absolute atomic E-state index is 12.7. The van der Waals surface area contributed by atoms with E-state index in [2.05, 4.69) is 10.2 Å². The zero-order valence-corrected chi connectivity index (χ0v) is 12.2. The predicted molar refractivity (Wildman–Crippen MR) is 76.5 cm³/mol. The number of nitrogens with zero attached hydrogens (tertiary/aromatic N) is 3. The van der Waals surface area contributed by atoms with Crippen molar-refractivity contribution >= 4 is 24.3 Å². The molecular formula is C12H10F3N5O2S. The monoisotopic (exact) mass is 345 g/mol. The highest BCUT2D eigenvalue weighted by Gasteiger charge is 2.37. The van der Waals surface area contributed by atoms with Gasteiger partial charge in [-0.05, 0) is 42.0 Å². The Morgan fingerprint density at radius 2 is 2.09 bits per heavy atom. The minimum atomic E-state index is -4.68. The summed E-state index contributed by atoms with van der Waals surface area (Å²) in [6.45, 7) is -0.271. The molecule has 7 nitrogen and oxygen atoms in total. The molecule has 122 valence electrons. The molecule has 0 unspecified atom stereocenters. The third-order valence-corrected chi connectivity index (χ3v) is 2.75. The molecule has 11 heteroatoms. The molecule has 1 amide bonds. The molecular weight excluding hydrogens is 335 g/mol. The molecule has 0 aliphatic heterocycles. The van der Waals surface area contributed by atoms with Crippen molar-refractivity contribution < 1.29 is 22.7 Å². The maximum Gasteiger partial charge on any atom is 0.453 e. The van der Waals surface area contributed by atoms with Crippen LogP contribution < -0.4 is 10.5 Å². The lowest BCUT2D eigenvalue weighted by molar-refractivity contribution is -0.147. The van der Waals surface area contributed by atoms with E-state index in [1.165, 1.54) is 30.5 Å². The number of nitrogens with two attached hydrogens (primary N) is 1. The Bertz CT molecular complexity index is 779. The van der Waals surface area contributed by atoms with Crippen LogP contribution in [0.15, 0.2) is 29.4 Å². The van der Waals surface area contributed by atoms with Crippen molar-refractivity contribution in [3.8, 4) is 5.75 Å². The Labute approximate surface area is 132 Å². The van der Waals surface area contributed by atoms with E-state index in [4.69, 9.17) is 22.7 Å². The number of halogens is 3. The van der Waals surface area contributed by atoms with Crippen LogP contribution in [0.4, 0.5) is 13.2 Å². The van der Waals surface area contributed by atoms with Crippen molar-refractivity contribution in [3.05, 3.63) is 40.4 Å². The van der Waals surface area contributed by atoms with Gasteiger partial charge in [0.25, 0.3) is 11.7 Å². The molecule has 0 bridgehead atoms. The molecule has 1 heterocycles. The van der Waals surface area contributed by atoms with Crippen LogP contribution in [0.2, 0.25) is 0 Å². The quantitative estimate of drug-likeness (QED) is 0.636. The standard InChI is InChI=1S/C12H10F3N5O2S/c13-12(14,15)10-18-19-11(23)20(10)17-5-7-1-3-8(4-2-7)22-6-9(16)21/h1-5H,6H2,(H2,16,21)(H,19,23)/b17-5-. The average molecular weight is 345 g/mol. The minimum Gasteiger partial charge on any atom is -0.484 e. The third kappa shape index (κ3) is 4.39. The zero-order chi connectivity index (χ0) is 17.0. The first kappa shape index (κ1) is 16.7. The van der Waals surface area contributed by atoms with Gasteiger partial charge in [-0.2, -0.15) is 22.9 Å². The molecule has 0 aliphatic carbocycles. The number of alkyl halides is 3. The molecule has 0 atom stereocenters. The number of primary amides is 1. The predicted octanol–water partition coefficient (Wildman–Crippen LogP) is 1.71. The number of carbonyl (C=O) groups is 1. The molecule has 0 radical (unpaired) electrons. The van der Waals surface area contributed by atoms with Gasteiger partial charge in [0, 0.05) is 0 Å². The van der Waals surface area contributed by atoms with Gasteiger partial charge in [0.2, 0.25) is 4.77 Å². The first-order chi connectivity index (χ1) is 10.8. The van der Waals surface area contributed by atoms with Crippen LogP contribution in [0.3, 0.4) is 0 Å². The Morgan fingerprint density at radius 3 is 2.65 bits per heavy atom. The van der Waals surface area contributed by atoms with Crippen molar-refractivity contribution in [2.24, 2.45) is 10.8 Å². The summed E-state index contributed by atoms with van der Waals surface area (Å²) in [4.78, 5) is 10.6. The van der Waals surface area contributed by atoms with E-state index < -0.39 is 17.9 Å². The number of rotatable bonds is 5. The van der Waals surface area contributed by atoms with E-state index in [9.17, 15) is 18.0 Å². The highest BCUT2D eigenvalue weighted by Crippen LogP contribution is 2.27. The number of amides is 1.